The molecule has 3 aromatic heterocycles. The van der Waals surface area contributed by atoms with E-state index in [0.29, 0.717) is 22.6 Å². The number of carbonyl (C=O) groups is 1. The van der Waals surface area contributed by atoms with Crippen LogP contribution >= 0.6 is 23.1 Å². The van der Waals surface area contributed by atoms with Gasteiger partial charge in [0.25, 0.3) is 0 Å². The molecule has 3 aromatic rings. The summed E-state index contributed by atoms with van der Waals surface area (Å²) in [4.78, 5) is 39.5. The first kappa shape index (κ1) is 17.9. The van der Waals surface area contributed by atoms with E-state index in [1.807, 2.05) is 0 Å². The number of pyridine rings is 1. The summed E-state index contributed by atoms with van der Waals surface area (Å²) in [6.45, 7) is 0.889. The van der Waals surface area contributed by atoms with Gasteiger partial charge in [-0.15, -0.1) is 11.3 Å². The van der Waals surface area contributed by atoms with E-state index in [0.717, 1.165) is 25.1 Å². The van der Waals surface area contributed by atoms with Crippen LogP contribution in [0, 0.1) is 0 Å². The van der Waals surface area contributed by atoms with E-state index >= 15 is 0 Å². The predicted octanol–water partition coefficient (Wildman–Crippen LogP) is 2.27. The molecule has 140 valence electrons. The molecule has 4 rings (SSSR count). The van der Waals surface area contributed by atoms with Crippen molar-refractivity contribution in [2.45, 2.75) is 18.9 Å². The lowest BCUT2D eigenvalue weighted by Gasteiger charge is -2.25. The molecule has 8 nitrogen and oxygen atoms in total. The van der Waals surface area contributed by atoms with E-state index < -0.39 is 11.4 Å². The molecule has 0 aliphatic carbocycles. The summed E-state index contributed by atoms with van der Waals surface area (Å²) in [5.41, 5.74) is -0.616. The number of hydrogen-bond donors (Lipinski definition) is 1. The Morgan fingerprint density at radius 1 is 1.44 bits per heavy atom. The molecule has 27 heavy (non-hydrogen) atoms. The van der Waals surface area contributed by atoms with Crippen molar-refractivity contribution in [3.8, 4) is 5.13 Å². The Bertz CT molecular complexity index is 1050. The maximum atomic E-state index is 12.6. The maximum absolute atomic E-state index is 12.6. The van der Waals surface area contributed by atoms with Gasteiger partial charge in [-0.25, -0.2) is 19.7 Å². The van der Waals surface area contributed by atoms with E-state index in [4.69, 9.17) is 4.98 Å². The number of hydrogen-bond acceptors (Lipinski definition) is 8. The van der Waals surface area contributed by atoms with Crippen molar-refractivity contribution in [1.82, 2.24) is 19.5 Å². The SMILES string of the molecule is CSCC1CCCN1c1cnc2c(=O)c(C(=O)O)cn(-c3nccs3)c2n1. The molecule has 1 saturated heterocycles. The van der Waals surface area contributed by atoms with Gasteiger partial charge in [0.05, 0.1) is 6.20 Å². The first-order valence-electron chi connectivity index (χ1n) is 8.41. The number of fused-ring (bicyclic) bond motifs is 1. The highest BCUT2D eigenvalue weighted by Gasteiger charge is 2.27. The van der Waals surface area contributed by atoms with Crippen LogP contribution in [-0.2, 0) is 0 Å². The Morgan fingerprint density at radius 3 is 3.00 bits per heavy atom. The van der Waals surface area contributed by atoms with Crippen LogP contribution in [0.2, 0.25) is 0 Å². The summed E-state index contributed by atoms with van der Waals surface area (Å²) < 4.78 is 1.54. The second kappa shape index (κ2) is 7.28. The van der Waals surface area contributed by atoms with Crippen molar-refractivity contribution in [1.29, 1.82) is 0 Å². The molecule has 0 spiro atoms. The minimum atomic E-state index is -1.29. The minimum absolute atomic E-state index is 0.0365. The first-order valence-corrected chi connectivity index (χ1v) is 10.7. The van der Waals surface area contributed by atoms with Crippen LogP contribution in [0.4, 0.5) is 5.82 Å². The zero-order chi connectivity index (χ0) is 19.0. The van der Waals surface area contributed by atoms with E-state index in [2.05, 4.69) is 21.1 Å². The van der Waals surface area contributed by atoms with Gasteiger partial charge in [-0.3, -0.25) is 9.36 Å². The fourth-order valence-electron chi connectivity index (χ4n) is 3.35. The van der Waals surface area contributed by atoms with E-state index in [1.165, 1.54) is 17.5 Å². The molecule has 0 saturated carbocycles. The van der Waals surface area contributed by atoms with Crippen LogP contribution in [0.5, 0.6) is 0 Å². The highest BCUT2D eigenvalue weighted by atomic mass is 32.2. The third-order valence-corrected chi connectivity index (χ3v) is 6.06. The fraction of sp³-hybridized carbons (Fsp3) is 0.353. The van der Waals surface area contributed by atoms with Gasteiger partial charge in [-0.2, -0.15) is 11.8 Å². The van der Waals surface area contributed by atoms with Gasteiger partial charge in [0.15, 0.2) is 16.3 Å². The number of thiazole rings is 1. The standard InChI is InChI=1S/C17H17N5O3S2/c1-26-9-10-3-2-5-21(10)12-7-19-13-14(23)11(16(24)25)8-22(15(13)20-12)17-18-4-6-27-17/h4,6-8,10H,2-3,5,9H2,1H3,(H,24,25). The smallest absolute Gasteiger partial charge is 0.341 e. The van der Waals surface area contributed by atoms with Crippen molar-refractivity contribution in [2.75, 3.05) is 23.5 Å². The Kier molecular flexibility index (Phi) is 4.83. The van der Waals surface area contributed by atoms with Crippen molar-refractivity contribution >= 4 is 46.0 Å². The van der Waals surface area contributed by atoms with Crippen LogP contribution in [0.3, 0.4) is 0 Å². The zero-order valence-corrected chi connectivity index (χ0v) is 16.2. The molecular formula is C17H17N5O3S2. The topological polar surface area (TPSA) is 101 Å². The van der Waals surface area contributed by atoms with E-state index in [1.54, 1.807) is 34.1 Å². The third kappa shape index (κ3) is 3.19. The van der Waals surface area contributed by atoms with Crippen molar-refractivity contribution in [2.24, 2.45) is 0 Å². The maximum Gasteiger partial charge on any atom is 0.341 e. The summed E-state index contributed by atoms with van der Waals surface area (Å²) in [5, 5.41) is 11.7. The highest BCUT2D eigenvalue weighted by Crippen LogP contribution is 2.27. The summed E-state index contributed by atoms with van der Waals surface area (Å²) in [5.74, 6) is 0.404. The fourth-order valence-corrected chi connectivity index (χ4v) is 4.70. The lowest BCUT2D eigenvalue weighted by atomic mass is 10.2. The van der Waals surface area contributed by atoms with Gasteiger partial charge in [-0.1, -0.05) is 0 Å². The van der Waals surface area contributed by atoms with Gasteiger partial charge < -0.3 is 10.0 Å². The molecule has 1 aliphatic rings. The number of nitrogens with zero attached hydrogens (tertiary/aromatic N) is 5. The molecular weight excluding hydrogens is 386 g/mol. The van der Waals surface area contributed by atoms with Gasteiger partial charge in [0, 0.05) is 36.1 Å². The zero-order valence-electron chi connectivity index (χ0n) is 14.5. The minimum Gasteiger partial charge on any atom is -0.477 e. The quantitative estimate of drug-likeness (QED) is 0.692. The van der Waals surface area contributed by atoms with Crippen LogP contribution < -0.4 is 10.3 Å². The van der Waals surface area contributed by atoms with Gasteiger partial charge in [0.2, 0.25) is 5.43 Å². The molecule has 10 heteroatoms. The summed E-state index contributed by atoms with van der Waals surface area (Å²) in [6, 6.07) is 0.380. The van der Waals surface area contributed by atoms with Gasteiger partial charge in [-0.05, 0) is 19.1 Å². The third-order valence-electron chi connectivity index (χ3n) is 4.57. The second-order valence-corrected chi connectivity index (χ2v) is 7.99. The van der Waals surface area contributed by atoms with Crippen LogP contribution in [0.1, 0.15) is 23.2 Å². The van der Waals surface area contributed by atoms with Crippen LogP contribution in [0.15, 0.2) is 28.8 Å². The van der Waals surface area contributed by atoms with E-state index in [9.17, 15) is 14.7 Å². The molecule has 1 atom stereocenters. The van der Waals surface area contributed by atoms with Crippen LogP contribution in [-0.4, -0.2) is 55.2 Å². The first-order chi connectivity index (χ1) is 13.1. The molecule has 1 aliphatic heterocycles. The van der Waals surface area contributed by atoms with E-state index in [-0.39, 0.29) is 11.1 Å². The Balaban J connectivity index is 1.92. The van der Waals surface area contributed by atoms with Gasteiger partial charge in [0.1, 0.15) is 11.4 Å². The molecule has 1 N–H and O–H groups in total. The summed E-state index contributed by atoms with van der Waals surface area (Å²) >= 11 is 3.13. The molecule has 1 unspecified atom stereocenters. The number of rotatable bonds is 5. The number of aromatic carboxylic acids is 1. The predicted molar refractivity (Wildman–Crippen MR) is 107 cm³/mol. The normalized spacial score (nSPS) is 16.9. The average molecular weight is 403 g/mol. The molecule has 1 fully saturated rings. The lowest BCUT2D eigenvalue weighted by Crippen LogP contribution is -2.32. The molecule has 0 aromatic carbocycles. The largest absolute Gasteiger partial charge is 0.477 e. The highest BCUT2D eigenvalue weighted by molar-refractivity contribution is 7.98. The Labute approximate surface area is 162 Å². The Morgan fingerprint density at radius 2 is 2.30 bits per heavy atom. The average Bonchev–Trinajstić information content (AvgIpc) is 3.34. The van der Waals surface area contributed by atoms with Crippen molar-refractivity contribution in [3.63, 3.8) is 0 Å². The van der Waals surface area contributed by atoms with Crippen molar-refractivity contribution in [3.05, 3.63) is 39.8 Å². The molecule has 0 amide bonds. The van der Waals surface area contributed by atoms with Crippen LogP contribution in [0.25, 0.3) is 16.3 Å². The monoisotopic (exact) mass is 403 g/mol. The number of aromatic nitrogens is 4. The second-order valence-electron chi connectivity index (χ2n) is 6.21. The summed E-state index contributed by atoms with van der Waals surface area (Å²) in [6.07, 6.45) is 8.74. The van der Waals surface area contributed by atoms with Crippen molar-refractivity contribution < 1.29 is 9.90 Å². The molecule has 4 heterocycles. The number of anilines is 1. The number of thioether (sulfide) groups is 1. The number of carboxylic acids is 1. The molecule has 0 bridgehead atoms. The Hall–Kier alpha value is -2.46. The molecule has 0 radical (unpaired) electrons. The number of carboxylic acid groups (broad SMARTS) is 1. The lowest BCUT2D eigenvalue weighted by molar-refractivity contribution is 0.0695. The van der Waals surface area contributed by atoms with Gasteiger partial charge >= 0.3 is 5.97 Å². The summed E-state index contributed by atoms with van der Waals surface area (Å²) in [7, 11) is 0.